The Morgan fingerprint density at radius 3 is 2.39 bits per heavy atom. The van der Waals surface area contributed by atoms with Gasteiger partial charge in [-0.2, -0.15) is 10.5 Å². The number of nitrogens with two attached hydrogens (primary N) is 1. The van der Waals surface area contributed by atoms with Crippen LogP contribution in [0.1, 0.15) is 16.7 Å². The van der Waals surface area contributed by atoms with E-state index >= 15 is 0 Å². The molecule has 0 unspecified atom stereocenters. The molecule has 3 N–H and O–H groups in total. The van der Waals surface area contributed by atoms with E-state index in [-0.39, 0.29) is 40.4 Å². The van der Waals surface area contributed by atoms with Gasteiger partial charge in [-0.15, -0.1) is 0 Å². The van der Waals surface area contributed by atoms with Crippen molar-refractivity contribution < 1.29 is 9.13 Å². The Kier molecular flexibility index (Phi) is 5.30. The number of nitriles is 2. The van der Waals surface area contributed by atoms with Crippen LogP contribution in [0.5, 0.6) is 5.75 Å². The maximum atomic E-state index is 14.5. The molecule has 0 aliphatic carbocycles. The Morgan fingerprint density at radius 1 is 1.11 bits per heavy atom. The summed E-state index contributed by atoms with van der Waals surface area (Å²) in [5.41, 5.74) is 5.44. The number of nitrogens with one attached hydrogen (secondary N) is 1. The molecule has 1 heterocycles. The number of halogens is 2. The molecule has 6 nitrogen and oxygen atoms in total. The fraction of sp³-hybridized carbons (Fsp3) is 0.0500. The number of rotatable bonds is 4. The van der Waals surface area contributed by atoms with Gasteiger partial charge < -0.3 is 15.5 Å². The van der Waals surface area contributed by atoms with Crippen LogP contribution in [0.15, 0.2) is 47.3 Å². The number of nitrogen functional groups attached to an aromatic ring is 1. The van der Waals surface area contributed by atoms with Crippen molar-refractivity contribution >= 4 is 17.4 Å². The Balaban J connectivity index is 1.97. The van der Waals surface area contributed by atoms with Crippen molar-refractivity contribution in [2.45, 2.75) is 6.61 Å². The molecule has 8 heteroatoms. The smallest absolute Gasteiger partial charge is 0.268 e. The first-order valence-corrected chi connectivity index (χ1v) is 8.35. The molecule has 0 saturated carbocycles. The molecule has 2 aromatic carbocycles. The molecule has 0 fully saturated rings. The zero-order chi connectivity index (χ0) is 20.3. The van der Waals surface area contributed by atoms with Gasteiger partial charge in [-0.1, -0.05) is 29.8 Å². The summed E-state index contributed by atoms with van der Waals surface area (Å²) in [6.45, 7) is 0.123. The lowest BCUT2D eigenvalue weighted by Crippen LogP contribution is -2.16. The Hall–Kier alpha value is -3.81. The van der Waals surface area contributed by atoms with E-state index in [1.165, 1.54) is 12.1 Å². The Morgan fingerprint density at radius 2 is 1.79 bits per heavy atom. The van der Waals surface area contributed by atoms with Crippen LogP contribution in [0.4, 0.5) is 10.2 Å². The maximum Gasteiger partial charge on any atom is 0.268 e. The SMILES string of the molecule is N#Cc1c(N)[nH]c(=O)c(C#N)c1-c1ccc(OCc2ccc(Cl)cc2)c(F)c1. The van der Waals surface area contributed by atoms with Crippen molar-refractivity contribution in [2.75, 3.05) is 5.73 Å². The molecule has 0 radical (unpaired) electrons. The number of hydrogen-bond acceptors (Lipinski definition) is 5. The second-order valence-electron chi connectivity index (χ2n) is 5.78. The topological polar surface area (TPSA) is 116 Å². The minimum atomic E-state index is -0.752. The molecule has 3 aromatic rings. The van der Waals surface area contributed by atoms with Crippen molar-refractivity contribution in [2.24, 2.45) is 0 Å². The number of aromatic nitrogens is 1. The first kappa shape index (κ1) is 19.0. The van der Waals surface area contributed by atoms with Gasteiger partial charge in [0, 0.05) is 10.6 Å². The summed E-state index contributed by atoms with van der Waals surface area (Å²) in [5, 5.41) is 19.2. The fourth-order valence-electron chi connectivity index (χ4n) is 2.65. The molecule has 138 valence electrons. The third kappa shape index (κ3) is 3.66. The highest BCUT2D eigenvalue weighted by atomic mass is 35.5. The summed E-state index contributed by atoms with van der Waals surface area (Å²) in [5.74, 6) is -0.920. The highest BCUT2D eigenvalue weighted by Gasteiger charge is 2.19. The number of H-pyrrole nitrogens is 1. The van der Waals surface area contributed by atoms with Gasteiger partial charge in [-0.05, 0) is 35.4 Å². The van der Waals surface area contributed by atoms with E-state index < -0.39 is 11.4 Å². The molecular formula is C20H12ClFN4O2. The average Bonchev–Trinajstić information content (AvgIpc) is 2.68. The molecule has 0 bridgehead atoms. The first-order valence-electron chi connectivity index (χ1n) is 7.97. The molecular weight excluding hydrogens is 383 g/mol. The normalized spacial score (nSPS) is 10.1. The van der Waals surface area contributed by atoms with Crippen LogP contribution in [0.25, 0.3) is 11.1 Å². The molecule has 28 heavy (non-hydrogen) atoms. The number of aromatic amines is 1. The minimum Gasteiger partial charge on any atom is -0.486 e. The summed E-state index contributed by atoms with van der Waals surface area (Å²) in [6, 6.07) is 14.4. The fourth-order valence-corrected chi connectivity index (χ4v) is 2.77. The van der Waals surface area contributed by atoms with E-state index in [9.17, 15) is 19.7 Å². The molecule has 0 amide bonds. The van der Waals surface area contributed by atoms with Crippen molar-refractivity contribution in [3.63, 3.8) is 0 Å². The van der Waals surface area contributed by atoms with Crippen molar-refractivity contribution in [3.05, 3.63) is 80.3 Å². The second-order valence-corrected chi connectivity index (χ2v) is 6.21. The average molecular weight is 395 g/mol. The van der Waals surface area contributed by atoms with Gasteiger partial charge >= 0.3 is 0 Å². The lowest BCUT2D eigenvalue weighted by Gasteiger charge is -2.11. The van der Waals surface area contributed by atoms with Gasteiger partial charge in [0.1, 0.15) is 35.7 Å². The van der Waals surface area contributed by atoms with Crippen molar-refractivity contribution in [1.29, 1.82) is 10.5 Å². The Labute approximate surface area is 164 Å². The second kappa shape index (κ2) is 7.83. The minimum absolute atomic E-state index is 0.0191. The van der Waals surface area contributed by atoms with Crippen LogP contribution in [0.2, 0.25) is 5.02 Å². The number of hydrogen-bond donors (Lipinski definition) is 2. The molecule has 0 spiro atoms. The third-order valence-electron chi connectivity index (χ3n) is 4.00. The van der Waals surface area contributed by atoms with Gasteiger partial charge in [0.2, 0.25) is 0 Å². The van der Waals surface area contributed by atoms with E-state index in [0.29, 0.717) is 5.02 Å². The lowest BCUT2D eigenvalue weighted by molar-refractivity contribution is 0.290. The largest absolute Gasteiger partial charge is 0.486 e. The van der Waals surface area contributed by atoms with E-state index in [4.69, 9.17) is 22.1 Å². The predicted octanol–water partition coefficient (Wildman–Crippen LogP) is 3.74. The lowest BCUT2D eigenvalue weighted by atomic mass is 9.96. The number of nitrogens with zero attached hydrogens (tertiary/aromatic N) is 2. The van der Waals surface area contributed by atoms with Crippen LogP contribution in [-0.4, -0.2) is 4.98 Å². The number of benzene rings is 2. The van der Waals surface area contributed by atoms with Gasteiger partial charge in [0.15, 0.2) is 11.6 Å². The molecule has 0 saturated heterocycles. The highest BCUT2D eigenvalue weighted by Crippen LogP contribution is 2.31. The van der Waals surface area contributed by atoms with Crippen LogP contribution < -0.4 is 16.0 Å². The molecule has 3 rings (SSSR count). The van der Waals surface area contributed by atoms with Gasteiger partial charge in [0.25, 0.3) is 5.56 Å². The van der Waals surface area contributed by atoms with E-state index in [1.807, 2.05) is 6.07 Å². The summed E-state index contributed by atoms with van der Waals surface area (Å²) >= 11 is 5.82. The van der Waals surface area contributed by atoms with E-state index in [1.54, 1.807) is 30.3 Å². The van der Waals surface area contributed by atoms with Gasteiger partial charge in [0.05, 0.1) is 0 Å². The zero-order valence-corrected chi connectivity index (χ0v) is 15.0. The zero-order valence-electron chi connectivity index (χ0n) is 14.3. The van der Waals surface area contributed by atoms with Crippen molar-refractivity contribution in [1.82, 2.24) is 4.98 Å². The molecule has 0 aliphatic rings. The monoisotopic (exact) mass is 394 g/mol. The number of ether oxygens (including phenoxy) is 1. The van der Waals surface area contributed by atoms with Crippen LogP contribution in [0.3, 0.4) is 0 Å². The summed E-state index contributed by atoms with van der Waals surface area (Å²) in [7, 11) is 0. The van der Waals surface area contributed by atoms with Crippen molar-refractivity contribution in [3.8, 4) is 29.0 Å². The van der Waals surface area contributed by atoms with Crippen LogP contribution in [0, 0.1) is 28.5 Å². The van der Waals surface area contributed by atoms with Crippen LogP contribution >= 0.6 is 11.6 Å². The summed E-state index contributed by atoms with van der Waals surface area (Å²) in [4.78, 5) is 14.2. The summed E-state index contributed by atoms with van der Waals surface area (Å²) < 4.78 is 20.0. The standard InChI is InChI=1S/C20H12ClFN4O2/c21-13-4-1-11(2-5-13)10-28-17-6-3-12(7-16(17)22)18-14(8-23)19(25)26-20(27)15(18)9-24/h1-7H,10H2,(H3,25,26,27). The molecule has 0 aliphatic heterocycles. The predicted molar refractivity (Wildman–Crippen MR) is 102 cm³/mol. The van der Waals surface area contributed by atoms with Gasteiger partial charge in [-0.25, -0.2) is 4.39 Å². The highest BCUT2D eigenvalue weighted by molar-refractivity contribution is 6.30. The Bertz CT molecular complexity index is 1190. The summed E-state index contributed by atoms with van der Waals surface area (Å²) in [6.07, 6.45) is 0. The van der Waals surface area contributed by atoms with E-state index in [2.05, 4.69) is 4.98 Å². The van der Waals surface area contributed by atoms with Gasteiger partial charge in [-0.3, -0.25) is 4.79 Å². The molecule has 0 atom stereocenters. The van der Waals surface area contributed by atoms with E-state index in [0.717, 1.165) is 11.6 Å². The maximum absolute atomic E-state index is 14.5. The third-order valence-corrected chi connectivity index (χ3v) is 4.25. The molecule has 1 aromatic heterocycles. The number of pyridine rings is 1. The van der Waals surface area contributed by atoms with Crippen LogP contribution in [-0.2, 0) is 6.61 Å². The number of anilines is 1. The first-order chi connectivity index (χ1) is 13.4. The quantitative estimate of drug-likeness (QED) is 0.699.